The molecule has 0 radical (unpaired) electrons. The molecule has 2 heterocycles. The minimum atomic E-state index is -1.43. The molecule has 5 aliphatic rings. The van der Waals surface area contributed by atoms with Crippen molar-refractivity contribution in [3.05, 3.63) is 89.2 Å². The molecule has 6 bridgehead atoms. The number of hydrogen-bond donors (Lipinski definition) is 9. The first-order valence-electron chi connectivity index (χ1n) is 22.8. The van der Waals surface area contributed by atoms with E-state index in [4.69, 9.17) is 10.7 Å². The number of carbonyl (C=O) groups excluding carboxylic acids is 2. The van der Waals surface area contributed by atoms with Gasteiger partial charge in [-0.25, -0.2) is 9.79 Å². The van der Waals surface area contributed by atoms with E-state index in [1.807, 2.05) is 18.3 Å². The van der Waals surface area contributed by atoms with Gasteiger partial charge in [0.15, 0.2) is 5.96 Å². The third kappa shape index (κ3) is 8.48. The van der Waals surface area contributed by atoms with Gasteiger partial charge in [-0.1, -0.05) is 61.7 Å². The molecule has 2 saturated carbocycles. The van der Waals surface area contributed by atoms with E-state index in [0.717, 1.165) is 79.7 Å². The number of aliphatic carboxylic acids is 1. The Kier molecular flexibility index (Phi) is 13.3. The van der Waals surface area contributed by atoms with Crippen LogP contribution in [-0.2, 0) is 20.8 Å². The van der Waals surface area contributed by atoms with E-state index in [2.05, 4.69) is 58.1 Å². The SMILES string of the molecule is NC1=N[C@H](/C(=C\C(=O)O)[C@]2(Nc3ccc[nH]3)CC[C@H]3C[C@@H]2[C@H]2[C@@H]4C=C[C@H](CCCCC[C@H](C=O)CCCO)[C@H]2c2cc5cc(CC=O)ccc5cc2[C@H]34)C[C@H]([C@H](O)[C@H](O)CO)N1. The molecule has 13 atom stereocenters. The van der Waals surface area contributed by atoms with Crippen LogP contribution in [0.5, 0.6) is 0 Å². The minimum Gasteiger partial charge on any atom is -0.478 e. The number of aldehydes is 2. The molecular weight excluding hydrogens is 787 g/mol. The molecule has 0 saturated heterocycles. The number of aliphatic imine (C=N–C) groups is 1. The molecule has 1 aliphatic heterocycles. The Morgan fingerprint density at radius 1 is 0.984 bits per heavy atom. The summed E-state index contributed by atoms with van der Waals surface area (Å²) in [6.45, 7) is -0.563. The van der Waals surface area contributed by atoms with Gasteiger partial charge in [-0.15, -0.1) is 0 Å². The first-order valence-corrected chi connectivity index (χ1v) is 22.8. The van der Waals surface area contributed by atoms with Crippen LogP contribution in [0, 0.1) is 35.5 Å². The lowest BCUT2D eigenvalue weighted by molar-refractivity contribution is -0.131. The Balaban J connectivity index is 1.23. The lowest BCUT2D eigenvalue weighted by Gasteiger charge is -2.65. The number of carbonyl (C=O) groups is 3. The van der Waals surface area contributed by atoms with Gasteiger partial charge in [0.2, 0.25) is 0 Å². The Bertz CT molecular complexity index is 2170. The number of anilines is 1. The third-order valence-electron chi connectivity index (χ3n) is 15.3. The number of aliphatic hydroxyl groups excluding tert-OH is 4. The molecule has 0 spiro atoms. The van der Waals surface area contributed by atoms with Crippen molar-refractivity contribution in [3.63, 3.8) is 0 Å². The van der Waals surface area contributed by atoms with Gasteiger partial charge in [0, 0.05) is 31.2 Å². The van der Waals surface area contributed by atoms with Gasteiger partial charge in [0.05, 0.1) is 24.2 Å². The van der Waals surface area contributed by atoms with Crippen LogP contribution in [0.4, 0.5) is 5.82 Å². The number of aliphatic hydroxyl groups is 4. The van der Waals surface area contributed by atoms with E-state index >= 15 is 0 Å². The third-order valence-corrected chi connectivity index (χ3v) is 15.3. The highest BCUT2D eigenvalue weighted by Gasteiger charge is 2.63. The molecule has 62 heavy (non-hydrogen) atoms. The molecule has 13 nitrogen and oxygen atoms in total. The van der Waals surface area contributed by atoms with Crippen LogP contribution >= 0.6 is 0 Å². The second-order valence-electron chi connectivity index (χ2n) is 18.7. The molecule has 332 valence electrons. The summed E-state index contributed by atoms with van der Waals surface area (Å²) in [5, 5.41) is 60.5. The van der Waals surface area contributed by atoms with E-state index in [1.165, 1.54) is 17.2 Å². The monoisotopic (exact) mass is 849 g/mol. The Hall–Kier alpha value is -4.82. The van der Waals surface area contributed by atoms with E-state index in [1.54, 1.807) is 0 Å². The van der Waals surface area contributed by atoms with Crippen molar-refractivity contribution in [3.8, 4) is 0 Å². The number of nitrogens with two attached hydrogens (primary N) is 1. The first-order chi connectivity index (χ1) is 30.1. The Morgan fingerprint density at radius 2 is 1.79 bits per heavy atom. The number of unbranched alkanes of at least 4 members (excludes halogenated alkanes) is 2. The van der Waals surface area contributed by atoms with Crippen molar-refractivity contribution in [2.45, 2.75) is 119 Å². The summed E-state index contributed by atoms with van der Waals surface area (Å²) in [5.74, 6) is 0.823. The van der Waals surface area contributed by atoms with Gasteiger partial charge in [0.25, 0.3) is 0 Å². The Labute approximate surface area is 363 Å². The van der Waals surface area contributed by atoms with Crippen LogP contribution < -0.4 is 16.4 Å². The second-order valence-corrected chi connectivity index (χ2v) is 18.7. The molecule has 8 rings (SSSR count). The van der Waals surface area contributed by atoms with Gasteiger partial charge >= 0.3 is 5.97 Å². The number of aromatic amines is 1. The summed E-state index contributed by atoms with van der Waals surface area (Å²) in [6, 6.07) is 13.5. The highest BCUT2D eigenvalue weighted by Crippen LogP contribution is 2.68. The van der Waals surface area contributed by atoms with Gasteiger partial charge in [0.1, 0.15) is 30.6 Å². The molecule has 10 N–H and O–H groups in total. The van der Waals surface area contributed by atoms with Crippen LogP contribution in [-0.4, -0.2) is 98.1 Å². The number of allylic oxidation sites excluding steroid dienone is 2. The van der Waals surface area contributed by atoms with Crippen molar-refractivity contribution in [1.82, 2.24) is 10.3 Å². The lowest BCUT2D eigenvalue weighted by Crippen LogP contribution is -2.64. The number of carboxylic acids is 1. The zero-order valence-electron chi connectivity index (χ0n) is 35.3. The predicted molar refractivity (Wildman–Crippen MR) is 238 cm³/mol. The fraction of sp³-hybridized carbons (Fsp3) is 0.551. The number of hydrogen-bond acceptors (Lipinski definition) is 11. The average Bonchev–Trinajstić information content (AvgIpc) is 3.78. The van der Waals surface area contributed by atoms with Gasteiger partial charge in [-0.05, 0) is 138 Å². The van der Waals surface area contributed by atoms with Gasteiger partial charge in [-0.3, -0.25) is 0 Å². The van der Waals surface area contributed by atoms with Crippen LogP contribution in [0.25, 0.3) is 10.8 Å². The molecule has 2 aromatic carbocycles. The summed E-state index contributed by atoms with van der Waals surface area (Å²) in [6.07, 6.45) is 16.1. The fourth-order valence-corrected chi connectivity index (χ4v) is 12.7. The number of nitrogens with one attached hydrogen (secondary N) is 3. The fourth-order valence-electron chi connectivity index (χ4n) is 12.7. The maximum absolute atomic E-state index is 13.1. The van der Waals surface area contributed by atoms with Crippen molar-refractivity contribution in [2.24, 2.45) is 46.2 Å². The summed E-state index contributed by atoms with van der Waals surface area (Å²) in [7, 11) is 0. The number of fused-ring (bicyclic) bond motifs is 7. The summed E-state index contributed by atoms with van der Waals surface area (Å²) in [5.41, 5.74) is 9.81. The number of benzene rings is 2. The molecule has 1 aromatic heterocycles. The number of nitrogens with zero attached hydrogens (tertiary/aromatic N) is 1. The highest BCUT2D eigenvalue weighted by molar-refractivity contribution is 5.86. The molecular formula is C49H63N5O8. The summed E-state index contributed by atoms with van der Waals surface area (Å²) in [4.78, 5) is 44.6. The average molecular weight is 850 g/mol. The van der Waals surface area contributed by atoms with E-state index < -0.39 is 42.4 Å². The van der Waals surface area contributed by atoms with E-state index in [-0.39, 0.29) is 60.4 Å². The largest absolute Gasteiger partial charge is 0.478 e. The summed E-state index contributed by atoms with van der Waals surface area (Å²) < 4.78 is 0. The number of H-pyrrole nitrogens is 1. The zero-order valence-corrected chi connectivity index (χ0v) is 35.3. The quantitative estimate of drug-likeness (QED) is 0.0315. The van der Waals surface area contributed by atoms with Gasteiger partial charge < -0.3 is 56.5 Å². The first kappa shape index (κ1) is 43.8. The molecule has 0 amide bonds. The standard InChI is InChI=1S/C49H63N5O8/c50-48-52-39(25-40(53-48)47(62)41(59)27-58)37(24-43(60)61)49(54-42-9-4-17-51-42)16-14-32-23-38(49)46-34-13-12-30(8-3-1-2-6-29(26-57)7-5-18-55)45(46)36-22-33-20-28(15-19-56)10-11-31(33)21-35(36)44(32)34/h4,9-13,17,19-22,24,26,29-30,32,34,38-41,44-47,51,54-55,58-59,62H,1-3,5-8,14-16,18,23,25,27H2,(H,60,61)(H3,50,52,53)/b37-24+/t29-,30-,32-,34+,38+,39-,40+,41+,44+,45-,46+,47-,49+/m0/s1. The highest BCUT2D eigenvalue weighted by atomic mass is 16.4. The maximum atomic E-state index is 13.1. The van der Waals surface area contributed by atoms with Crippen LogP contribution in [0.3, 0.4) is 0 Å². The molecule has 3 aromatic rings. The van der Waals surface area contributed by atoms with Crippen molar-refractivity contribution >= 4 is 41.1 Å². The van der Waals surface area contributed by atoms with Gasteiger partial charge in [-0.2, -0.15) is 0 Å². The number of carboxylic acid groups (broad SMARTS) is 1. The number of guanidine groups is 1. The van der Waals surface area contributed by atoms with E-state index in [9.17, 15) is 39.9 Å². The number of aromatic nitrogens is 1. The number of rotatable bonds is 20. The van der Waals surface area contributed by atoms with Crippen molar-refractivity contribution in [2.75, 3.05) is 18.5 Å². The van der Waals surface area contributed by atoms with Crippen molar-refractivity contribution < 1.29 is 39.9 Å². The van der Waals surface area contributed by atoms with Crippen molar-refractivity contribution in [1.29, 1.82) is 0 Å². The topological polar surface area (TPSA) is 231 Å². The Morgan fingerprint density at radius 3 is 2.53 bits per heavy atom. The second kappa shape index (κ2) is 18.9. The van der Waals surface area contributed by atoms with Crippen LogP contribution in [0.15, 0.2) is 77.5 Å². The normalized spacial score (nSPS) is 31.3. The summed E-state index contributed by atoms with van der Waals surface area (Å²) >= 11 is 0. The molecule has 4 aliphatic carbocycles. The molecule has 2 fully saturated rings. The molecule has 13 heteroatoms. The zero-order chi connectivity index (χ0) is 43.5. The minimum absolute atomic E-state index is 0.0271. The lowest BCUT2D eigenvalue weighted by atomic mass is 9.41. The van der Waals surface area contributed by atoms with Crippen LogP contribution in [0.2, 0.25) is 0 Å². The van der Waals surface area contributed by atoms with Crippen LogP contribution in [0.1, 0.15) is 99.2 Å². The predicted octanol–water partition coefficient (Wildman–Crippen LogP) is 5.10. The smallest absolute Gasteiger partial charge is 0.328 e. The van der Waals surface area contributed by atoms with E-state index in [0.29, 0.717) is 37.2 Å². The maximum Gasteiger partial charge on any atom is 0.328 e. The molecule has 0 unspecified atom stereocenters.